The molecule has 1 saturated heterocycles. The van der Waals surface area contributed by atoms with E-state index < -0.39 is 0 Å². The van der Waals surface area contributed by atoms with E-state index in [9.17, 15) is 4.79 Å². The second kappa shape index (κ2) is 9.82. The molecule has 3 aromatic heterocycles. The molecule has 0 bridgehead atoms. The van der Waals surface area contributed by atoms with Crippen LogP contribution in [0.2, 0.25) is 0 Å². The quantitative estimate of drug-likeness (QED) is 0.475. The molecule has 4 aromatic rings. The van der Waals surface area contributed by atoms with E-state index in [-0.39, 0.29) is 11.8 Å². The summed E-state index contributed by atoms with van der Waals surface area (Å²) in [6, 6.07) is 11.5. The largest absolute Gasteiger partial charge is 0.496 e. The lowest BCUT2D eigenvalue weighted by molar-refractivity contribution is 0.0705. The first-order valence-electron chi connectivity index (χ1n) is 11.4. The molecular weight excluding hydrogens is 428 g/mol. The summed E-state index contributed by atoms with van der Waals surface area (Å²) in [5.74, 6) is 1.62. The Hall–Kier alpha value is -4.07. The number of para-hydroxylation sites is 1. The van der Waals surface area contributed by atoms with E-state index in [0.29, 0.717) is 24.4 Å². The molecule has 4 heterocycles. The average molecular weight is 455 g/mol. The first kappa shape index (κ1) is 21.8. The number of imidazole rings is 1. The van der Waals surface area contributed by atoms with E-state index in [1.165, 1.54) is 0 Å². The molecule has 1 N–H and O–H groups in total. The number of aromatic nitrogens is 5. The zero-order chi connectivity index (χ0) is 23.3. The van der Waals surface area contributed by atoms with Crippen LogP contribution in [0.4, 0.5) is 0 Å². The Morgan fingerprint density at radius 1 is 1.09 bits per heavy atom. The number of hydrogen-bond donors (Lipinski definition) is 1. The number of piperidine rings is 1. The molecule has 1 aliphatic heterocycles. The van der Waals surface area contributed by atoms with E-state index in [0.717, 1.165) is 47.8 Å². The first-order chi connectivity index (χ1) is 16.7. The van der Waals surface area contributed by atoms with Crippen molar-refractivity contribution in [3.63, 3.8) is 0 Å². The predicted molar refractivity (Wildman–Crippen MR) is 128 cm³/mol. The number of rotatable bonds is 6. The number of amides is 1. The van der Waals surface area contributed by atoms with Gasteiger partial charge in [0.05, 0.1) is 12.8 Å². The maximum Gasteiger partial charge on any atom is 0.253 e. The van der Waals surface area contributed by atoms with Gasteiger partial charge in [0, 0.05) is 73.2 Å². The van der Waals surface area contributed by atoms with Gasteiger partial charge in [0.15, 0.2) is 5.82 Å². The zero-order valence-electron chi connectivity index (χ0n) is 19.0. The molecule has 0 spiro atoms. The zero-order valence-corrected chi connectivity index (χ0v) is 19.0. The number of methoxy groups -OCH3 is 1. The minimum absolute atomic E-state index is 0.0109. The van der Waals surface area contributed by atoms with Crippen LogP contribution in [0.1, 0.15) is 46.1 Å². The van der Waals surface area contributed by atoms with Crippen molar-refractivity contribution in [2.75, 3.05) is 20.2 Å². The number of carbonyl (C=O) groups excluding carboxylic acids is 1. The van der Waals surface area contributed by atoms with Gasteiger partial charge in [-0.1, -0.05) is 18.2 Å². The third kappa shape index (κ3) is 4.52. The summed E-state index contributed by atoms with van der Waals surface area (Å²) in [7, 11) is 1.66. The van der Waals surface area contributed by atoms with Crippen molar-refractivity contribution in [1.82, 2.24) is 29.8 Å². The SMILES string of the molecule is COc1ccccc1Cc1cc(C(=O)N2CCC[C@H](c3nccnc3-c3ncc[nH]3)C2)ccn1. The van der Waals surface area contributed by atoms with Gasteiger partial charge in [0.1, 0.15) is 11.4 Å². The van der Waals surface area contributed by atoms with Gasteiger partial charge in [0.2, 0.25) is 0 Å². The van der Waals surface area contributed by atoms with Crippen molar-refractivity contribution < 1.29 is 9.53 Å². The summed E-state index contributed by atoms with van der Waals surface area (Å²) in [6.45, 7) is 1.31. The molecule has 0 radical (unpaired) electrons. The maximum atomic E-state index is 13.4. The highest BCUT2D eigenvalue weighted by Crippen LogP contribution is 2.31. The van der Waals surface area contributed by atoms with Gasteiger partial charge in [0.25, 0.3) is 5.91 Å². The number of ether oxygens (including phenoxy) is 1. The fourth-order valence-corrected chi connectivity index (χ4v) is 4.54. The molecule has 5 rings (SSSR count). The molecular formula is C26H26N6O2. The molecule has 172 valence electrons. The van der Waals surface area contributed by atoms with Gasteiger partial charge in [-0.25, -0.2) is 9.97 Å². The van der Waals surface area contributed by atoms with E-state index in [1.807, 2.05) is 35.2 Å². The molecule has 1 fully saturated rings. The van der Waals surface area contributed by atoms with Crippen molar-refractivity contribution in [1.29, 1.82) is 0 Å². The molecule has 1 aliphatic rings. The van der Waals surface area contributed by atoms with Gasteiger partial charge in [-0.3, -0.25) is 14.8 Å². The van der Waals surface area contributed by atoms with Crippen molar-refractivity contribution >= 4 is 5.91 Å². The Labute approximate surface area is 198 Å². The second-order valence-electron chi connectivity index (χ2n) is 8.34. The molecule has 8 nitrogen and oxygen atoms in total. The highest BCUT2D eigenvalue weighted by atomic mass is 16.5. The van der Waals surface area contributed by atoms with Crippen LogP contribution in [-0.4, -0.2) is 55.9 Å². The van der Waals surface area contributed by atoms with Crippen LogP contribution < -0.4 is 4.74 Å². The van der Waals surface area contributed by atoms with Gasteiger partial charge in [-0.15, -0.1) is 0 Å². The highest BCUT2D eigenvalue weighted by molar-refractivity contribution is 5.94. The molecule has 8 heteroatoms. The normalized spacial score (nSPS) is 15.8. The summed E-state index contributed by atoms with van der Waals surface area (Å²) in [6.07, 6.45) is 11.0. The number of likely N-dealkylation sites (tertiary alicyclic amines) is 1. The number of H-pyrrole nitrogens is 1. The lowest BCUT2D eigenvalue weighted by Crippen LogP contribution is -2.39. The molecule has 0 saturated carbocycles. The lowest BCUT2D eigenvalue weighted by Gasteiger charge is -2.33. The first-order valence-corrected chi connectivity index (χ1v) is 11.4. The predicted octanol–water partition coefficient (Wildman–Crippen LogP) is 3.88. The smallest absolute Gasteiger partial charge is 0.253 e. The van der Waals surface area contributed by atoms with Crippen LogP contribution in [0, 0.1) is 0 Å². The minimum Gasteiger partial charge on any atom is -0.496 e. The van der Waals surface area contributed by atoms with Crippen molar-refractivity contribution in [3.05, 3.63) is 89.9 Å². The number of pyridine rings is 1. The minimum atomic E-state index is 0.0109. The molecule has 34 heavy (non-hydrogen) atoms. The highest BCUT2D eigenvalue weighted by Gasteiger charge is 2.29. The van der Waals surface area contributed by atoms with Gasteiger partial charge in [-0.05, 0) is 31.0 Å². The third-order valence-electron chi connectivity index (χ3n) is 6.17. The van der Waals surface area contributed by atoms with Gasteiger partial charge >= 0.3 is 0 Å². The van der Waals surface area contributed by atoms with E-state index in [2.05, 4.69) is 24.9 Å². The number of nitrogens with zero attached hydrogens (tertiary/aromatic N) is 5. The molecule has 0 aliphatic carbocycles. The summed E-state index contributed by atoms with van der Waals surface area (Å²) in [5, 5.41) is 0. The summed E-state index contributed by atoms with van der Waals surface area (Å²) in [5.41, 5.74) is 4.13. The van der Waals surface area contributed by atoms with E-state index in [1.54, 1.807) is 44.2 Å². The Bertz CT molecular complexity index is 1270. The number of aromatic amines is 1. The number of benzene rings is 1. The van der Waals surface area contributed by atoms with Crippen LogP contribution in [0.5, 0.6) is 5.75 Å². The lowest BCUT2D eigenvalue weighted by atomic mass is 9.92. The summed E-state index contributed by atoms with van der Waals surface area (Å²) < 4.78 is 5.46. The summed E-state index contributed by atoms with van der Waals surface area (Å²) in [4.78, 5) is 36.4. The number of hydrogen-bond acceptors (Lipinski definition) is 6. The Morgan fingerprint density at radius 2 is 1.97 bits per heavy atom. The fraction of sp³-hybridized carbons (Fsp3) is 0.269. The van der Waals surface area contributed by atoms with Crippen LogP contribution >= 0.6 is 0 Å². The average Bonchev–Trinajstić information content (AvgIpc) is 3.44. The second-order valence-corrected chi connectivity index (χ2v) is 8.34. The standard InChI is InChI=1S/C26H26N6O2/c1-34-22-7-3-2-5-18(22)15-21-16-19(8-9-27-21)26(33)32-14-4-6-20(17-32)23-24(29-11-10-28-23)25-30-12-13-31-25/h2-3,5,7-13,16,20H,4,6,14-15,17H2,1H3,(H,30,31)/t20-/m0/s1. The Kier molecular flexibility index (Phi) is 6.29. The Morgan fingerprint density at radius 3 is 2.82 bits per heavy atom. The van der Waals surface area contributed by atoms with E-state index in [4.69, 9.17) is 4.74 Å². The molecule has 1 amide bonds. The summed E-state index contributed by atoms with van der Waals surface area (Å²) >= 11 is 0. The fourth-order valence-electron chi connectivity index (χ4n) is 4.54. The monoisotopic (exact) mass is 454 g/mol. The number of carbonyl (C=O) groups is 1. The van der Waals surface area contributed by atoms with Crippen molar-refractivity contribution in [2.45, 2.75) is 25.2 Å². The molecule has 1 atom stereocenters. The van der Waals surface area contributed by atoms with E-state index >= 15 is 0 Å². The third-order valence-corrected chi connectivity index (χ3v) is 6.17. The van der Waals surface area contributed by atoms with Gasteiger partial charge < -0.3 is 14.6 Å². The van der Waals surface area contributed by atoms with Crippen molar-refractivity contribution in [3.8, 4) is 17.3 Å². The molecule has 0 unspecified atom stereocenters. The van der Waals surface area contributed by atoms with Crippen LogP contribution in [0.15, 0.2) is 67.4 Å². The topological polar surface area (TPSA) is 96.9 Å². The van der Waals surface area contributed by atoms with Crippen LogP contribution in [0.25, 0.3) is 11.5 Å². The van der Waals surface area contributed by atoms with Crippen LogP contribution in [-0.2, 0) is 6.42 Å². The molecule has 1 aromatic carbocycles. The maximum absolute atomic E-state index is 13.4. The van der Waals surface area contributed by atoms with Crippen molar-refractivity contribution in [2.24, 2.45) is 0 Å². The van der Waals surface area contributed by atoms with Crippen LogP contribution in [0.3, 0.4) is 0 Å². The Balaban J connectivity index is 1.35. The number of nitrogens with one attached hydrogen (secondary N) is 1. The van der Waals surface area contributed by atoms with Gasteiger partial charge in [-0.2, -0.15) is 0 Å².